The number of methoxy groups -OCH3 is 1. The number of aliphatic hydroxyl groups excluding tert-OH is 1. The molecular weight excluding hydrogens is 380 g/mol. The summed E-state index contributed by atoms with van der Waals surface area (Å²) in [5.41, 5.74) is 2.64. The van der Waals surface area contributed by atoms with Crippen LogP contribution in [0.5, 0.6) is 11.5 Å². The van der Waals surface area contributed by atoms with Crippen molar-refractivity contribution in [2.75, 3.05) is 20.2 Å². The first kappa shape index (κ1) is 22.4. The van der Waals surface area contributed by atoms with Gasteiger partial charge in [-0.05, 0) is 48.7 Å². The Labute approximate surface area is 169 Å². The number of aliphatic hydroxyl groups is 1. The second-order valence-corrected chi connectivity index (χ2v) is 6.34. The second kappa shape index (κ2) is 11.2. The van der Waals surface area contributed by atoms with Crippen LogP contribution in [0.4, 0.5) is 8.78 Å². The van der Waals surface area contributed by atoms with Crippen LogP contribution in [-0.4, -0.2) is 37.9 Å². The number of hydrogen-bond donors (Lipinski definition) is 3. The van der Waals surface area contributed by atoms with E-state index in [-0.39, 0.29) is 12.3 Å². The number of hydrogen-bond acceptors (Lipinski definition) is 4. The number of rotatable bonds is 9. The Bertz CT molecular complexity index is 798. The average molecular weight is 407 g/mol. The molecule has 0 spiro atoms. The van der Waals surface area contributed by atoms with Crippen molar-refractivity contribution in [3.63, 3.8) is 0 Å². The van der Waals surface area contributed by atoms with Crippen molar-refractivity contribution >= 4 is 5.96 Å². The summed E-state index contributed by atoms with van der Waals surface area (Å²) in [5, 5.41) is 16.5. The first-order chi connectivity index (χ1) is 13.9. The Morgan fingerprint density at radius 3 is 2.48 bits per heavy atom. The molecule has 0 saturated heterocycles. The van der Waals surface area contributed by atoms with Crippen LogP contribution < -0.4 is 20.1 Å². The largest absolute Gasteiger partial charge is 0.496 e. The molecule has 2 aromatic carbocycles. The monoisotopic (exact) mass is 407 g/mol. The maximum Gasteiger partial charge on any atom is 0.387 e. The van der Waals surface area contributed by atoms with Crippen LogP contribution in [0.25, 0.3) is 0 Å². The van der Waals surface area contributed by atoms with Crippen LogP contribution in [-0.2, 0) is 6.54 Å². The lowest BCUT2D eigenvalue weighted by Crippen LogP contribution is -2.39. The number of halogens is 2. The Hall–Kier alpha value is -2.87. The van der Waals surface area contributed by atoms with Crippen LogP contribution in [0.3, 0.4) is 0 Å². The van der Waals surface area contributed by atoms with Crippen LogP contribution in [0.2, 0.25) is 0 Å². The number of benzene rings is 2. The van der Waals surface area contributed by atoms with Gasteiger partial charge < -0.3 is 25.2 Å². The van der Waals surface area contributed by atoms with Crippen molar-refractivity contribution in [2.24, 2.45) is 4.99 Å². The van der Waals surface area contributed by atoms with Gasteiger partial charge in [-0.3, -0.25) is 0 Å². The van der Waals surface area contributed by atoms with E-state index in [1.807, 2.05) is 32.0 Å². The van der Waals surface area contributed by atoms with E-state index in [1.165, 1.54) is 12.1 Å². The zero-order chi connectivity index (χ0) is 21.2. The number of nitrogens with zero attached hydrogens (tertiary/aromatic N) is 1. The highest BCUT2D eigenvalue weighted by molar-refractivity contribution is 5.79. The summed E-state index contributed by atoms with van der Waals surface area (Å²) in [6.07, 6.45) is -0.834. The Morgan fingerprint density at radius 1 is 1.14 bits per heavy atom. The summed E-state index contributed by atoms with van der Waals surface area (Å²) in [6, 6.07) is 11.8. The normalized spacial score (nSPS) is 12.6. The molecule has 2 rings (SSSR count). The van der Waals surface area contributed by atoms with Gasteiger partial charge in [-0.2, -0.15) is 8.78 Å². The molecule has 29 heavy (non-hydrogen) atoms. The molecule has 0 radical (unpaired) electrons. The predicted octanol–water partition coefficient (Wildman–Crippen LogP) is 3.39. The molecule has 0 aromatic heterocycles. The van der Waals surface area contributed by atoms with Gasteiger partial charge in [0, 0.05) is 13.1 Å². The van der Waals surface area contributed by atoms with Crippen molar-refractivity contribution in [2.45, 2.75) is 33.1 Å². The van der Waals surface area contributed by atoms with Crippen molar-refractivity contribution < 1.29 is 23.4 Å². The van der Waals surface area contributed by atoms with E-state index >= 15 is 0 Å². The van der Waals surface area contributed by atoms with E-state index in [4.69, 9.17) is 4.74 Å². The highest BCUT2D eigenvalue weighted by Gasteiger charge is 2.10. The first-order valence-electron chi connectivity index (χ1n) is 9.31. The Balaban J connectivity index is 1.96. The maximum absolute atomic E-state index is 12.2. The highest BCUT2D eigenvalue weighted by atomic mass is 19.3. The van der Waals surface area contributed by atoms with Crippen LogP contribution in [0.1, 0.15) is 29.7 Å². The van der Waals surface area contributed by atoms with Crippen LogP contribution in [0, 0.1) is 6.92 Å². The van der Waals surface area contributed by atoms with Gasteiger partial charge in [-0.1, -0.05) is 24.3 Å². The van der Waals surface area contributed by atoms with Gasteiger partial charge in [-0.25, -0.2) is 4.99 Å². The standard InChI is InChI=1S/C21H27F2N3O3/c1-4-24-21(25-12-15-6-5-14(2)19(11-15)28-3)26-13-18(27)16-7-9-17(10-8-16)29-20(22)23/h5-11,18,20,27H,4,12-13H2,1-3H3,(H2,24,25,26). The number of alkyl halides is 2. The SMILES string of the molecule is CCNC(=NCc1ccc(C)c(OC)c1)NCC(O)c1ccc(OC(F)F)cc1. The molecule has 1 atom stereocenters. The third-order valence-electron chi connectivity index (χ3n) is 4.19. The van der Waals surface area contributed by atoms with Crippen LogP contribution >= 0.6 is 0 Å². The molecule has 0 bridgehead atoms. The molecule has 3 N–H and O–H groups in total. The number of nitrogens with one attached hydrogen (secondary N) is 2. The Morgan fingerprint density at radius 2 is 1.86 bits per heavy atom. The fourth-order valence-electron chi connectivity index (χ4n) is 2.66. The molecular formula is C21H27F2N3O3. The highest BCUT2D eigenvalue weighted by Crippen LogP contribution is 2.20. The van der Waals surface area contributed by atoms with Gasteiger partial charge in [0.05, 0.1) is 19.8 Å². The van der Waals surface area contributed by atoms with Gasteiger partial charge in [0.15, 0.2) is 5.96 Å². The van der Waals surface area contributed by atoms with E-state index < -0.39 is 12.7 Å². The summed E-state index contributed by atoms with van der Waals surface area (Å²) >= 11 is 0. The number of guanidine groups is 1. The van der Waals surface area contributed by atoms with Crippen molar-refractivity contribution in [3.05, 3.63) is 59.2 Å². The number of ether oxygens (including phenoxy) is 2. The lowest BCUT2D eigenvalue weighted by Gasteiger charge is -2.16. The smallest absolute Gasteiger partial charge is 0.387 e. The molecule has 158 valence electrons. The molecule has 0 saturated carbocycles. The summed E-state index contributed by atoms with van der Waals surface area (Å²) in [7, 11) is 1.63. The zero-order valence-electron chi connectivity index (χ0n) is 16.8. The van der Waals surface area contributed by atoms with E-state index in [0.29, 0.717) is 24.6 Å². The molecule has 1 unspecified atom stereocenters. The van der Waals surface area contributed by atoms with Gasteiger partial charge in [0.1, 0.15) is 11.5 Å². The molecule has 0 aliphatic heterocycles. The Kier molecular flexibility index (Phi) is 8.67. The third-order valence-corrected chi connectivity index (χ3v) is 4.19. The van der Waals surface area contributed by atoms with Gasteiger partial charge >= 0.3 is 6.61 Å². The summed E-state index contributed by atoms with van der Waals surface area (Å²) < 4.78 is 34.1. The summed E-state index contributed by atoms with van der Waals surface area (Å²) in [5.74, 6) is 1.42. The summed E-state index contributed by atoms with van der Waals surface area (Å²) in [4.78, 5) is 4.53. The molecule has 8 heteroatoms. The van der Waals surface area contributed by atoms with E-state index in [0.717, 1.165) is 16.9 Å². The number of aryl methyl sites for hydroxylation is 1. The van der Waals surface area contributed by atoms with Crippen LogP contribution in [0.15, 0.2) is 47.5 Å². The van der Waals surface area contributed by atoms with Gasteiger partial charge in [0.25, 0.3) is 0 Å². The fraction of sp³-hybridized carbons (Fsp3) is 0.381. The van der Waals surface area contributed by atoms with Crippen molar-refractivity contribution in [1.82, 2.24) is 10.6 Å². The van der Waals surface area contributed by atoms with Gasteiger partial charge in [-0.15, -0.1) is 0 Å². The molecule has 2 aromatic rings. The minimum atomic E-state index is -2.88. The predicted molar refractivity (Wildman–Crippen MR) is 109 cm³/mol. The van der Waals surface area contributed by atoms with Crippen molar-refractivity contribution in [1.29, 1.82) is 0 Å². The quantitative estimate of drug-likeness (QED) is 0.439. The minimum absolute atomic E-state index is 0.0485. The van der Waals surface area contributed by atoms with E-state index in [1.54, 1.807) is 19.2 Å². The lowest BCUT2D eigenvalue weighted by molar-refractivity contribution is -0.0498. The van der Waals surface area contributed by atoms with Crippen molar-refractivity contribution in [3.8, 4) is 11.5 Å². The van der Waals surface area contributed by atoms with Gasteiger partial charge in [0.2, 0.25) is 0 Å². The average Bonchev–Trinajstić information content (AvgIpc) is 2.71. The molecule has 6 nitrogen and oxygen atoms in total. The van der Waals surface area contributed by atoms with E-state index in [9.17, 15) is 13.9 Å². The molecule has 0 fully saturated rings. The topological polar surface area (TPSA) is 75.1 Å². The molecule has 0 aliphatic carbocycles. The second-order valence-electron chi connectivity index (χ2n) is 6.34. The third kappa shape index (κ3) is 7.23. The fourth-order valence-corrected chi connectivity index (χ4v) is 2.66. The lowest BCUT2D eigenvalue weighted by atomic mass is 10.1. The molecule has 0 heterocycles. The molecule has 0 aliphatic rings. The minimum Gasteiger partial charge on any atom is -0.496 e. The first-order valence-corrected chi connectivity index (χ1v) is 9.31. The maximum atomic E-state index is 12.2. The molecule has 0 amide bonds. The summed E-state index contributed by atoms with van der Waals surface area (Å²) in [6.45, 7) is 2.37. The van der Waals surface area contributed by atoms with E-state index in [2.05, 4.69) is 20.4 Å². The number of aliphatic imine (C=N–C) groups is 1. The zero-order valence-corrected chi connectivity index (χ0v) is 16.8.